The first-order valence-electron chi connectivity index (χ1n) is 14.2. The van der Waals surface area contributed by atoms with Crippen LogP contribution in [0.25, 0.3) is 0 Å². The number of rotatable bonds is 19. The van der Waals surface area contributed by atoms with Gasteiger partial charge in [0.05, 0.1) is 27.3 Å². The number of unbranched alkanes of at least 4 members (excludes halogenated alkanes) is 6. The zero-order valence-corrected chi connectivity index (χ0v) is 23.3. The molecule has 4 nitrogen and oxygen atoms in total. The molecule has 200 valence electrons. The van der Waals surface area contributed by atoms with Gasteiger partial charge in [0.2, 0.25) is 0 Å². The van der Waals surface area contributed by atoms with Crippen LogP contribution in [0.2, 0.25) is 0 Å². The minimum Gasteiger partial charge on any atom is -0.493 e. The third-order valence-electron chi connectivity index (χ3n) is 6.92. The van der Waals surface area contributed by atoms with Crippen LogP contribution in [-0.2, 0) is 22.5 Å². The molecule has 2 rings (SSSR count). The molecule has 0 heterocycles. The molecule has 2 aromatic carbocycles. The fraction of sp³-hybridized carbons (Fsp3) is 0.594. The molecule has 0 radical (unpaired) electrons. The summed E-state index contributed by atoms with van der Waals surface area (Å²) in [7, 11) is 4.26. The molecule has 0 fully saturated rings. The van der Waals surface area contributed by atoms with Gasteiger partial charge in [0.1, 0.15) is 12.3 Å². The maximum absolute atomic E-state index is 13.0. The van der Waals surface area contributed by atoms with Crippen molar-refractivity contribution in [3.8, 4) is 5.75 Å². The Hall–Kier alpha value is -2.33. The molecule has 4 heteroatoms. The van der Waals surface area contributed by atoms with E-state index >= 15 is 0 Å². The van der Waals surface area contributed by atoms with E-state index in [1.165, 1.54) is 49.7 Å². The topological polar surface area (TPSA) is 35.5 Å². The molecule has 1 unspecified atom stereocenters. The summed E-state index contributed by atoms with van der Waals surface area (Å²) in [6, 6.07) is 18.6. The van der Waals surface area contributed by atoms with Crippen LogP contribution in [0.3, 0.4) is 0 Å². The van der Waals surface area contributed by atoms with E-state index in [0.717, 1.165) is 44.4 Å². The molecular formula is C32H50NO3+. The van der Waals surface area contributed by atoms with Crippen LogP contribution in [0.4, 0.5) is 0 Å². The molecule has 0 spiro atoms. The van der Waals surface area contributed by atoms with Crippen molar-refractivity contribution in [2.45, 2.75) is 97.1 Å². The molecule has 0 amide bonds. The fourth-order valence-electron chi connectivity index (χ4n) is 4.79. The first kappa shape index (κ1) is 29.9. The van der Waals surface area contributed by atoms with Gasteiger partial charge in [0, 0.05) is 12.0 Å². The van der Waals surface area contributed by atoms with Crippen molar-refractivity contribution in [1.29, 1.82) is 0 Å². The number of likely N-dealkylation sites (N-methyl/N-ethyl adjacent to an activating group) is 1. The Balaban J connectivity index is 1.71. The third-order valence-corrected chi connectivity index (χ3v) is 6.92. The van der Waals surface area contributed by atoms with Gasteiger partial charge in [0.15, 0.2) is 6.04 Å². The van der Waals surface area contributed by atoms with E-state index < -0.39 is 0 Å². The lowest BCUT2D eigenvalue weighted by Crippen LogP contribution is -2.52. The zero-order valence-electron chi connectivity index (χ0n) is 23.3. The quantitative estimate of drug-likeness (QED) is 0.113. The summed E-state index contributed by atoms with van der Waals surface area (Å²) in [5.41, 5.74) is 2.55. The summed E-state index contributed by atoms with van der Waals surface area (Å²) < 4.78 is 12.4. The van der Waals surface area contributed by atoms with Crippen LogP contribution in [0, 0.1) is 0 Å². The zero-order chi connectivity index (χ0) is 26.1. The number of carbonyl (C=O) groups is 1. The predicted octanol–water partition coefficient (Wildman–Crippen LogP) is 7.74. The first-order valence-corrected chi connectivity index (χ1v) is 14.2. The molecule has 0 aliphatic heterocycles. The van der Waals surface area contributed by atoms with E-state index in [0.29, 0.717) is 17.7 Å². The van der Waals surface area contributed by atoms with E-state index in [1.54, 1.807) is 0 Å². The Morgan fingerprint density at radius 3 is 2.19 bits per heavy atom. The Bertz CT molecular complexity index is 849. The predicted molar refractivity (Wildman–Crippen MR) is 150 cm³/mol. The summed E-state index contributed by atoms with van der Waals surface area (Å²) in [5.74, 6) is 0.925. The normalized spacial score (nSPS) is 12.3. The standard InChI is InChI=1S/C32H50NO3/c1-5-7-8-9-10-14-22-29-23-15-16-24-31(29)35-25-17-18-26-36-32(34)30(19-6-2)33(3,4)27-28-20-12-11-13-21-28/h11-13,15-16,20-21,23-24,30H,5-10,14,17-19,22,25-27H2,1-4H3/q+1. The van der Waals surface area contributed by atoms with Crippen molar-refractivity contribution in [1.82, 2.24) is 0 Å². The van der Waals surface area contributed by atoms with Crippen LogP contribution in [-0.4, -0.2) is 43.8 Å². The summed E-state index contributed by atoms with van der Waals surface area (Å²) in [5, 5.41) is 0. The molecule has 0 aliphatic carbocycles. The SMILES string of the molecule is CCCCCCCCc1ccccc1OCCCCOC(=O)C(CCC)[N+](C)(C)Cc1ccccc1. The van der Waals surface area contributed by atoms with Gasteiger partial charge in [-0.2, -0.15) is 0 Å². The van der Waals surface area contributed by atoms with Crippen LogP contribution < -0.4 is 4.74 Å². The third kappa shape index (κ3) is 11.2. The second kappa shape index (κ2) is 17.2. The van der Waals surface area contributed by atoms with Gasteiger partial charge in [-0.3, -0.25) is 0 Å². The van der Waals surface area contributed by atoms with Gasteiger partial charge >= 0.3 is 5.97 Å². The van der Waals surface area contributed by atoms with Crippen molar-refractivity contribution in [2.24, 2.45) is 0 Å². The number of hydrogen-bond donors (Lipinski definition) is 0. The lowest BCUT2D eigenvalue weighted by Gasteiger charge is -2.36. The summed E-state index contributed by atoms with van der Waals surface area (Å²) >= 11 is 0. The number of aryl methyl sites for hydroxylation is 1. The molecule has 1 atom stereocenters. The lowest BCUT2D eigenvalue weighted by molar-refractivity contribution is -0.920. The molecule has 0 aromatic heterocycles. The average Bonchev–Trinajstić information content (AvgIpc) is 2.87. The Labute approximate surface area is 220 Å². The van der Waals surface area contributed by atoms with E-state index in [4.69, 9.17) is 9.47 Å². The fourth-order valence-corrected chi connectivity index (χ4v) is 4.79. The van der Waals surface area contributed by atoms with Crippen LogP contribution >= 0.6 is 0 Å². The monoisotopic (exact) mass is 496 g/mol. The average molecular weight is 497 g/mol. The van der Waals surface area contributed by atoms with E-state index in [9.17, 15) is 4.79 Å². The summed E-state index contributed by atoms with van der Waals surface area (Å²) in [4.78, 5) is 13.0. The highest BCUT2D eigenvalue weighted by molar-refractivity contribution is 5.74. The minimum absolute atomic E-state index is 0.0806. The minimum atomic E-state index is -0.152. The van der Waals surface area contributed by atoms with E-state index in [-0.39, 0.29) is 12.0 Å². The molecule has 0 saturated heterocycles. The van der Waals surface area contributed by atoms with Gasteiger partial charge in [-0.25, -0.2) is 4.79 Å². The molecular weight excluding hydrogens is 446 g/mol. The smallest absolute Gasteiger partial charge is 0.364 e. The van der Waals surface area contributed by atoms with Gasteiger partial charge in [0.25, 0.3) is 0 Å². The molecule has 0 saturated carbocycles. The van der Waals surface area contributed by atoms with Crippen molar-refractivity contribution >= 4 is 5.97 Å². The highest BCUT2D eigenvalue weighted by Crippen LogP contribution is 2.22. The van der Waals surface area contributed by atoms with Gasteiger partial charge in [-0.05, 0) is 43.7 Å². The van der Waals surface area contributed by atoms with Crippen molar-refractivity contribution in [2.75, 3.05) is 27.3 Å². The molecule has 36 heavy (non-hydrogen) atoms. The van der Waals surface area contributed by atoms with Crippen molar-refractivity contribution < 1.29 is 18.8 Å². The number of esters is 1. The molecule has 0 bridgehead atoms. The summed E-state index contributed by atoms with van der Waals surface area (Å²) in [6.07, 6.45) is 12.4. The van der Waals surface area contributed by atoms with E-state index in [2.05, 4.69) is 70.4 Å². The largest absolute Gasteiger partial charge is 0.493 e. The number of hydrogen-bond acceptors (Lipinski definition) is 3. The van der Waals surface area contributed by atoms with Gasteiger partial charge in [-0.1, -0.05) is 94.5 Å². The van der Waals surface area contributed by atoms with Crippen LogP contribution in [0.5, 0.6) is 5.75 Å². The van der Waals surface area contributed by atoms with E-state index in [1.807, 2.05) is 12.1 Å². The van der Waals surface area contributed by atoms with Crippen molar-refractivity contribution in [3.05, 3.63) is 65.7 Å². The summed E-state index contributed by atoms with van der Waals surface area (Å²) in [6.45, 7) is 6.30. The maximum Gasteiger partial charge on any atom is 0.364 e. The number of benzene rings is 2. The van der Waals surface area contributed by atoms with Crippen molar-refractivity contribution in [3.63, 3.8) is 0 Å². The lowest BCUT2D eigenvalue weighted by atomic mass is 10.0. The maximum atomic E-state index is 13.0. The first-order chi connectivity index (χ1) is 17.5. The van der Waals surface area contributed by atoms with Crippen LogP contribution in [0.15, 0.2) is 54.6 Å². The Morgan fingerprint density at radius 2 is 1.44 bits per heavy atom. The Morgan fingerprint density at radius 1 is 0.778 bits per heavy atom. The second-order valence-electron chi connectivity index (χ2n) is 10.6. The molecule has 0 aliphatic rings. The second-order valence-corrected chi connectivity index (χ2v) is 10.6. The number of ether oxygens (including phenoxy) is 2. The molecule has 0 N–H and O–H groups in total. The molecule has 2 aromatic rings. The van der Waals surface area contributed by atoms with Gasteiger partial charge in [-0.15, -0.1) is 0 Å². The highest BCUT2D eigenvalue weighted by Gasteiger charge is 2.35. The number of nitrogens with zero attached hydrogens (tertiary/aromatic N) is 1. The van der Waals surface area contributed by atoms with Gasteiger partial charge < -0.3 is 14.0 Å². The van der Waals surface area contributed by atoms with Crippen LogP contribution in [0.1, 0.15) is 89.2 Å². The number of para-hydroxylation sites is 1. The number of carbonyl (C=O) groups excluding carboxylic acids is 1. The Kier molecular flexibility index (Phi) is 14.3. The number of quaternary nitrogens is 1. The highest BCUT2D eigenvalue weighted by atomic mass is 16.5.